The molecule has 6 nitrogen and oxygen atoms in total. The van der Waals surface area contributed by atoms with Crippen molar-refractivity contribution in [3.8, 4) is 5.75 Å². The van der Waals surface area contributed by atoms with Crippen LogP contribution >= 0.6 is 0 Å². The second kappa shape index (κ2) is 9.30. The zero-order valence-electron chi connectivity index (χ0n) is 18.0. The second-order valence-corrected chi connectivity index (χ2v) is 8.65. The molecule has 0 aliphatic carbocycles. The summed E-state index contributed by atoms with van der Waals surface area (Å²) in [5.74, 6) is 0.912. The number of rotatable bonds is 5. The molecule has 2 rings (SSSR count). The molecule has 0 unspecified atom stereocenters. The summed E-state index contributed by atoms with van der Waals surface area (Å²) in [4.78, 5) is 29.0. The van der Waals surface area contributed by atoms with Crippen LogP contribution in [0.15, 0.2) is 24.3 Å². The van der Waals surface area contributed by atoms with Crippen LogP contribution in [0.25, 0.3) is 0 Å². The lowest BCUT2D eigenvalue weighted by Gasteiger charge is -2.36. The van der Waals surface area contributed by atoms with Crippen LogP contribution < -0.4 is 4.74 Å². The van der Waals surface area contributed by atoms with E-state index in [2.05, 4.69) is 0 Å². The van der Waals surface area contributed by atoms with E-state index in [1.165, 1.54) is 0 Å². The van der Waals surface area contributed by atoms with Crippen LogP contribution in [-0.2, 0) is 16.1 Å². The van der Waals surface area contributed by atoms with Gasteiger partial charge in [-0.05, 0) is 65.2 Å². The Morgan fingerprint density at radius 3 is 2.18 bits per heavy atom. The molecular formula is C22H34N2O4. The van der Waals surface area contributed by atoms with Crippen molar-refractivity contribution >= 4 is 12.0 Å². The Morgan fingerprint density at radius 1 is 1.14 bits per heavy atom. The van der Waals surface area contributed by atoms with Gasteiger partial charge >= 0.3 is 6.09 Å². The van der Waals surface area contributed by atoms with Crippen molar-refractivity contribution in [3.05, 3.63) is 29.8 Å². The maximum Gasteiger partial charge on any atom is 0.410 e. The van der Waals surface area contributed by atoms with Gasteiger partial charge in [0.05, 0.1) is 7.11 Å². The molecule has 0 saturated carbocycles. The molecule has 0 atom stereocenters. The minimum absolute atomic E-state index is 0.0562. The molecule has 6 heteroatoms. The summed E-state index contributed by atoms with van der Waals surface area (Å²) in [7, 11) is 1.64. The maximum absolute atomic E-state index is 13.1. The van der Waals surface area contributed by atoms with Gasteiger partial charge in [-0.15, -0.1) is 0 Å². The number of benzene rings is 1. The van der Waals surface area contributed by atoms with E-state index in [-0.39, 0.29) is 24.0 Å². The van der Waals surface area contributed by atoms with E-state index in [4.69, 9.17) is 9.47 Å². The Hall–Kier alpha value is -2.24. The van der Waals surface area contributed by atoms with Crippen LogP contribution in [0.2, 0.25) is 0 Å². The Kier molecular flexibility index (Phi) is 7.33. The van der Waals surface area contributed by atoms with Crippen LogP contribution in [0, 0.1) is 5.92 Å². The highest BCUT2D eigenvalue weighted by Crippen LogP contribution is 2.24. The van der Waals surface area contributed by atoms with Crippen molar-refractivity contribution in [1.29, 1.82) is 0 Å². The fourth-order valence-corrected chi connectivity index (χ4v) is 3.31. The largest absolute Gasteiger partial charge is 0.497 e. The summed E-state index contributed by atoms with van der Waals surface area (Å²) in [6.07, 6.45) is 1.05. The average Bonchev–Trinajstić information content (AvgIpc) is 2.64. The van der Waals surface area contributed by atoms with Gasteiger partial charge in [0.15, 0.2) is 0 Å². The number of amides is 2. The zero-order valence-corrected chi connectivity index (χ0v) is 18.0. The van der Waals surface area contributed by atoms with Crippen LogP contribution in [0.4, 0.5) is 4.79 Å². The first-order valence-corrected chi connectivity index (χ1v) is 10.0. The normalized spacial score (nSPS) is 15.5. The van der Waals surface area contributed by atoms with Crippen molar-refractivity contribution in [2.45, 2.75) is 65.6 Å². The molecule has 0 bridgehead atoms. The van der Waals surface area contributed by atoms with Gasteiger partial charge in [-0.1, -0.05) is 12.1 Å². The van der Waals surface area contributed by atoms with E-state index >= 15 is 0 Å². The number of carbonyl (C=O) groups excluding carboxylic acids is 2. The standard InChI is InChI=1S/C22H34N2O4/c1-16(2)24(15-17-7-9-19(27-6)10-8-17)20(25)18-11-13-23(14-12-18)21(26)28-22(3,4)5/h7-10,16,18H,11-15H2,1-6H3. The molecule has 1 aromatic rings. The summed E-state index contributed by atoms with van der Waals surface area (Å²) in [6, 6.07) is 7.92. The lowest BCUT2D eigenvalue weighted by Crippen LogP contribution is -2.47. The van der Waals surface area contributed by atoms with Gasteiger partial charge in [0.2, 0.25) is 5.91 Å². The quantitative estimate of drug-likeness (QED) is 0.760. The molecule has 0 radical (unpaired) electrons. The fourth-order valence-electron chi connectivity index (χ4n) is 3.31. The van der Waals surface area contributed by atoms with E-state index in [1.807, 2.05) is 63.8 Å². The topological polar surface area (TPSA) is 59.1 Å². The predicted octanol–water partition coefficient (Wildman–Crippen LogP) is 4.08. The van der Waals surface area contributed by atoms with Crippen molar-refractivity contribution in [1.82, 2.24) is 9.80 Å². The van der Waals surface area contributed by atoms with Gasteiger partial charge in [-0.2, -0.15) is 0 Å². The molecular weight excluding hydrogens is 356 g/mol. The Balaban J connectivity index is 1.95. The third-order valence-electron chi connectivity index (χ3n) is 4.91. The number of ether oxygens (including phenoxy) is 2. The summed E-state index contributed by atoms with van der Waals surface area (Å²) in [5.41, 5.74) is 0.574. The highest BCUT2D eigenvalue weighted by atomic mass is 16.6. The number of hydrogen-bond donors (Lipinski definition) is 0. The smallest absolute Gasteiger partial charge is 0.410 e. The van der Waals surface area contributed by atoms with Crippen LogP contribution in [0.3, 0.4) is 0 Å². The number of likely N-dealkylation sites (tertiary alicyclic amines) is 1. The van der Waals surface area contributed by atoms with Gasteiger partial charge in [-0.25, -0.2) is 4.79 Å². The molecule has 1 heterocycles. The van der Waals surface area contributed by atoms with E-state index in [1.54, 1.807) is 12.0 Å². The van der Waals surface area contributed by atoms with Gasteiger partial charge in [0.25, 0.3) is 0 Å². The number of piperidine rings is 1. The highest BCUT2D eigenvalue weighted by molar-refractivity contribution is 5.79. The first-order chi connectivity index (χ1) is 13.1. The molecule has 0 aromatic heterocycles. The summed E-state index contributed by atoms with van der Waals surface area (Å²) < 4.78 is 10.6. The van der Waals surface area contributed by atoms with Gasteiger partial charge < -0.3 is 19.3 Å². The highest BCUT2D eigenvalue weighted by Gasteiger charge is 2.32. The molecule has 1 aliphatic heterocycles. The average molecular weight is 391 g/mol. The van der Waals surface area contributed by atoms with Crippen LogP contribution in [0.5, 0.6) is 5.75 Å². The van der Waals surface area contributed by atoms with Crippen molar-refractivity contribution in [2.24, 2.45) is 5.92 Å². The SMILES string of the molecule is COc1ccc(CN(C(=O)C2CCN(C(=O)OC(C)(C)C)CC2)C(C)C)cc1. The van der Waals surface area contributed by atoms with E-state index in [0.29, 0.717) is 32.5 Å². The lowest BCUT2D eigenvalue weighted by atomic mass is 9.94. The first kappa shape index (κ1) is 22.1. The van der Waals surface area contributed by atoms with Gasteiger partial charge in [0.1, 0.15) is 11.4 Å². The summed E-state index contributed by atoms with van der Waals surface area (Å²) >= 11 is 0. The molecule has 156 valence electrons. The molecule has 0 N–H and O–H groups in total. The molecule has 0 spiro atoms. The third kappa shape index (κ3) is 6.14. The lowest BCUT2D eigenvalue weighted by molar-refractivity contribution is -0.139. The third-order valence-corrected chi connectivity index (χ3v) is 4.91. The van der Waals surface area contributed by atoms with Crippen LogP contribution in [0.1, 0.15) is 53.0 Å². The maximum atomic E-state index is 13.1. The van der Waals surface area contributed by atoms with Crippen molar-refractivity contribution in [2.75, 3.05) is 20.2 Å². The van der Waals surface area contributed by atoms with Crippen molar-refractivity contribution < 1.29 is 19.1 Å². The first-order valence-electron chi connectivity index (χ1n) is 10.0. The zero-order chi connectivity index (χ0) is 20.9. The summed E-state index contributed by atoms with van der Waals surface area (Å²) in [5, 5.41) is 0. The number of carbonyl (C=O) groups is 2. The van der Waals surface area contributed by atoms with Crippen LogP contribution in [-0.4, -0.2) is 53.6 Å². The Labute approximate surface area is 168 Å². The van der Waals surface area contributed by atoms with Gasteiger partial charge in [0, 0.05) is 31.6 Å². The van der Waals surface area contributed by atoms with E-state index in [9.17, 15) is 9.59 Å². The summed E-state index contributed by atoms with van der Waals surface area (Å²) in [6.45, 7) is 11.4. The minimum atomic E-state index is -0.503. The monoisotopic (exact) mass is 390 g/mol. The molecule has 1 fully saturated rings. The fraction of sp³-hybridized carbons (Fsp3) is 0.636. The molecule has 28 heavy (non-hydrogen) atoms. The number of methoxy groups -OCH3 is 1. The minimum Gasteiger partial charge on any atom is -0.497 e. The second-order valence-electron chi connectivity index (χ2n) is 8.65. The van der Waals surface area contributed by atoms with E-state index < -0.39 is 5.60 Å². The van der Waals surface area contributed by atoms with Gasteiger partial charge in [-0.3, -0.25) is 4.79 Å². The van der Waals surface area contributed by atoms with Crippen molar-refractivity contribution in [3.63, 3.8) is 0 Å². The molecule has 1 saturated heterocycles. The number of hydrogen-bond acceptors (Lipinski definition) is 4. The predicted molar refractivity (Wildman–Crippen MR) is 109 cm³/mol. The Bertz CT molecular complexity index is 656. The molecule has 1 aromatic carbocycles. The van der Waals surface area contributed by atoms with E-state index in [0.717, 1.165) is 11.3 Å². The number of nitrogens with zero attached hydrogens (tertiary/aromatic N) is 2. The molecule has 2 amide bonds. The Morgan fingerprint density at radius 2 is 1.71 bits per heavy atom. The molecule has 1 aliphatic rings.